The summed E-state index contributed by atoms with van der Waals surface area (Å²) in [6.07, 6.45) is 3.46. The summed E-state index contributed by atoms with van der Waals surface area (Å²) in [6.45, 7) is 4.36. The van der Waals surface area contributed by atoms with Crippen LogP contribution in [0.4, 0.5) is 0 Å². The monoisotopic (exact) mass is 372 g/mol. The van der Waals surface area contributed by atoms with E-state index in [-0.39, 0.29) is 11.4 Å². The van der Waals surface area contributed by atoms with Gasteiger partial charge in [0.25, 0.3) is 0 Å². The van der Waals surface area contributed by atoms with Crippen molar-refractivity contribution in [1.29, 1.82) is 0 Å². The van der Waals surface area contributed by atoms with Crippen molar-refractivity contribution in [3.63, 3.8) is 0 Å². The molecule has 4 nitrogen and oxygen atoms in total. The molecule has 0 bridgehead atoms. The number of nitrogens with zero attached hydrogens (tertiary/aromatic N) is 1. The zero-order chi connectivity index (χ0) is 17.9. The summed E-state index contributed by atoms with van der Waals surface area (Å²) in [5, 5.41) is 4.05. The third kappa shape index (κ3) is 4.34. The highest BCUT2D eigenvalue weighted by atomic mass is 32.2. The maximum absolute atomic E-state index is 12.5. The minimum Gasteiger partial charge on any atom is -0.264 e. The number of aromatic nitrogens is 1. The molecule has 0 fully saturated rings. The van der Waals surface area contributed by atoms with Crippen LogP contribution in [-0.4, -0.2) is 13.4 Å². The number of thiophene rings is 1. The molecule has 0 saturated carbocycles. The number of sulfonamides is 1. The van der Waals surface area contributed by atoms with Crippen LogP contribution in [0, 0.1) is 0 Å². The molecule has 0 aliphatic heterocycles. The molecule has 0 saturated heterocycles. The van der Waals surface area contributed by atoms with E-state index in [1.165, 1.54) is 0 Å². The predicted octanol–water partition coefficient (Wildman–Crippen LogP) is 4.41. The minimum absolute atomic E-state index is 0.208. The Bertz CT molecular complexity index is 932. The van der Waals surface area contributed by atoms with Crippen molar-refractivity contribution < 1.29 is 8.42 Å². The van der Waals surface area contributed by atoms with Gasteiger partial charge in [-0.3, -0.25) is 4.98 Å². The van der Waals surface area contributed by atoms with E-state index in [1.54, 1.807) is 35.9 Å². The van der Waals surface area contributed by atoms with E-state index < -0.39 is 10.0 Å². The lowest BCUT2D eigenvalue weighted by atomic mass is 10.0. The van der Waals surface area contributed by atoms with Crippen molar-refractivity contribution in [3.8, 4) is 11.1 Å². The van der Waals surface area contributed by atoms with Gasteiger partial charge >= 0.3 is 0 Å². The Morgan fingerprint density at radius 2 is 1.84 bits per heavy atom. The molecule has 130 valence electrons. The molecule has 3 aromatic rings. The summed E-state index contributed by atoms with van der Waals surface area (Å²) in [5.41, 5.74) is 4.02. The zero-order valence-electron chi connectivity index (χ0n) is 14.1. The molecule has 0 aliphatic rings. The van der Waals surface area contributed by atoms with E-state index in [9.17, 15) is 8.42 Å². The van der Waals surface area contributed by atoms with Crippen molar-refractivity contribution in [2.24, 2.45) is 0 Å². The van der Waals surface area contributed by atoms with Crippen LogP contribution in [-0.2, 0) is 16.6 Å². The third-order valence-electron chi connectivity index (χ3n) is 3.97. The molecule has 0 amide bonds. The van der Waals surface area contributed by atoms with Gasteiger partial charge in [0.15, 0.2) is 0 Å². The number of hydrogen-bond acceptors (Lipinski definition) is 4. The van der Waals surface area contributed by atoms with Gasteiger partial charge in [-0.05, 0) is 57.6 Å². The standard InChI is InChI=1S/C19H20N2O2S2/c1-14(2)16-3-5-19(6-4-16)25(22,23)21-11-15-9-18(12-20-10-15)17-7-8-24-13-17/h3-10,12-14,21H,11H2,1-2H3. The lowest BCUT2D eigenvalue weighted by Gasteiger charge is -2.09. The van der Waals surface area contributed by atoms with Crippen molar-refractivity contribution in [1.82, 2.24) is 9.71 Å². The fourth-order valence-corrected chi connectivity index (χ4v) is 4.15. The summed E-state index contributed by atoms with van der Waals surface area (Å²) in [7, 11) is -3.54. The zero-order valence-corrected chi connectivity index (χ0v) is 15.8. The van der Waals surface area contributed by atoms with Gasteiger partial charge in [0.05, 0.1) is 4.90 Å². The second kappa shape index (κ2) is 7.47. The average Bonchev–Trinajstić information content (AvgIpc) is 3.15. The summed E-state index contributed by atoms with van der Waals surface area (Å²) in [4.78, 5) is 4.49. The van der Waals surface area contributed by atoms with Crippen LogP contribution in [0.5, 0.6) is 0 Å². The fraction of sp³-hybridized carbons (Fsp3) is 0.211. The number of pyridine rings is 1. The van der Waals surface area contributed by atoms with E-state index in [0.29, 0.717) is 5.92 Å². The van der Waals surface area contributed by atoms with Crippen LogP contribution >= 0.6 is 11.3 Å². The number of hydrogen-bond donors (Lipinski definition) is 1. The smallest absolute Gasteiger partial charge is 0.240 e. The largest absolute Gasteiger partial charge is 0.264 e. The molecule has 0 unspecified atom stereocenters. The fourth-order valence-electron chi connectivity index (χ4n) is 2.46. The molecule has 3 rings (SSSR count). The van der Waals surface area contributed by atoms with Crippen LogP contribution in [0.1, 0.15) is 30.9 Å². The molecule has 2 heterocycles. The van der Waals surface area contributed by atoms with Crippen molar-refractivity contribution in [2.75, 3.05) is 0 Å². The summed E-state index contributed by atoms with van der Waals surface area (Å²) < 4.78 is 27.6. The Hall–Kier alpha value is -2.02. The van der Waals surface area contributed by atoms with Crippen molar-refractivity contribution >= 4 is 21.4 Å². The molecule has 6 heteroatoms. The first-order valence-corrected chi connectivity index (χ1v) is 10.4. The van der Waals surface area contributed by atoms with Crippen LogP contribution in [0.25, 0.3) is 11.1 Å². The molecule has 0 atom stereocenters. The first kappa shape index (κ1) is 17.8. The van der Waals surface area contributed by atoms with Gasteiger partial charge in [0.2, 0.25) is 10.0 Å². The molecule has 2 aromatic heterocycles. The quantitative estimate of drug-likeness (QED) is 0.697. The first-order chi connectivity index (χ1) is 12.0. The SMILES string of the molecule is CC(C)c1ccc(S(=O)(=O)NCc2cncc(-c3ccsc3)c2)cc1. The van der Waals surface area contributed by atoms with Crippen LogP contribution in [0.3, 0.4) is 0 Å². The van der Waals surface area contributed by atoms with Crippen molar-refractivity contribution in [2.45, 2.75) is 31.2 Å². The summed E-state index contributed by atoms with van der Waals surface area (Å²) >= 11 is 1.62. The molecule has 1 aromatic carbocycles. The number of nitrogens with one attached hydrogen (secondary N) is 1. The predicted molar refractivity (Wildman–Crippen MR) is 102 cm³/mol. The topological polar surface area (TPSA) is 59.1 Å². The Kier molecular flexibility index (Phi) is 5.32. The van der Waals surface area contributed by atoms with Crippen molar-refractivity contribution in [3.05, 3.63) is 70.7 Å². The lowest BCUT2D eigenvalue weighted by molar-refractivity contribution is 0.581. The Morgan fingerprint density at radius 3 is 2.48 bits per heavy atom. The average molecular weight is 373 g/mol. The summed E-state index contributed by atoms with van der Waals surface area (Å²) in [5.74, 6) is 0.371. The van der Waals surface area contributed by atoms with E-state index in [0.717, 1.165) is 22.3 Å². The van der Waals surface area contributed by atoms with E-state index in [4.69, 9.17) is 0 Å². The maximum atomic E-state index is 12.5. The second-order valence-electron chi connectivity index (χ2n) is 6.14. The summed E-state index contributed by atoms with van der Waals surface area (Å²) in [6, 6.07) is 11.0. The lowest BCUT2D eigenvalue weighted by Crippen LogP contribution is -2.23. The highest BCUT2D eigenvalue weighted by Crippen LogP contribution is 2.22. The number of benzene rings is 1. The molecule has 0 spiro atoms. The third-order valence-corrected chi connectivity index (χ3v) is 6.07. The highest BCUT2D eigenvalue weighted by Gasteiger charge is 2.14. The van der Waals surface area contributed by atoms with Gasteiger partial charge < -0.3 is 0 Å². The second-order valence-corrected chi connectivity index (χ2v) is 8.69. The van der Waals surface area contributed by atoms with Crippen LogP contribution in [0.2, 0.25) is 0 Å². The van der Waals surface area contributed by atoms with E-state index in [1.807, 2.05) is 35.0 Å². The Labute approximate surface area is 152 Å². The van der Waals surface area contributed by atoms with Gasteiger partial charge in [-0.2, -0.15) is 11.3 Å². The Balaban J connectivity index is 1.73. The Morgan fingerprint density at radius 1 is 1.08 bits per heavy atom. The van der Waals surface area contributed by atoms with Crippen LogP contribution < -0.4 is 4.72 Å². The van der Waals surface area contributed by atoms with Crippen LogP contribution in [0.15, 0.2) is 64.4 Å². The number of rotatable bonds is 6. The van der Waals surface area contributed by atoms with Gasteiger partial charge in [0, 0.05) is 24.5 Å². The normalized spacial score (nSPS) is 11.8. The van der Waals surface area contributed by atoms with E-state index in [2.05, 4.69) is 23.6 Å². The van der Waals surface area contributed by atoms with Gasteiger partial charge in [-0.15, -0.1) is 0 Å². The van der Waals surface area contributed by atoms with Gasteiger partial charge in [-0.1, -0.05) is 26.0 Å². The molecular weight excluding hydrogens is 352 g/mol. The van der Waals surface area contributed by atoms with Gasteiger partial charge in [0.1, 0.15) is 0 Å². The molecule has 1 N–H and O–H groups in total. The van der Waals surface area contributed by atoms with E-state index >= 15 is 0 Å². The highest BCUT2D eigenvalue weighted by molar-refractivity contribution is 7.89. The molecule has 25 heavy (non-hydrogen) atoms. The molecule has 0 aliphatic carbocycles. The van der Waals surface area contributed by atoms with Gasteiger partial charge in [-0.25, -0.2) is 13.1 Å². The first-order valence-electron chi connectivity index (χ1n) is 8.02. The minimum atomic E-state index is -3.54. The molecule has 0 radical (unpaired) electrons. The maximum Gasteiger partial charge on any atom is 0.240 e. The molecular formula is C19H20N2O2S2.